The van der Waals surface area contributed by atoms with E-state index in [1.165, 1.54) is 37.3 Å². The highest BCUT2D eigenvalue weighted by atomic mass is 19.1. The predicted octanol–water partition coefficient (Wildman–Crippen LogP) is 2.45. The molecule has 0 aliphatic carbocycles. The molecule has 0 bridgehead atoms. The number of hydrogen-bond acceptors (Lipinski definition) is 4. The highest BCUT2D eigenvalue weighted by Gasteiger charge is 1.97. The molecule has 136 valence electrons. The van der Waals surface area contributed by atoms with Crippen molar-refractivity contribution in [3.63, 3.8) is 0 Å². The van der Waals surface area contributed by atoms with Gasteiger partial charge in [-0.1, -0.05) is 26.7 Å². The number of rotatable bonds is 6. The van der Waals surface area contributed by atoms with E-state index in [2.05, 4.69) is 32.9 Å². The Labute approximate surface area is 144 Å². The molecule has 24 heavy (non-hydrogen) atoms. The van der Waals surface area contributed by atoms with Gasteiger partial charge >= 0.3 is 7.40 Å². The van der Waals surface area contributed by atoms with Crippen LogP contribution in [0.3, 0.4) is 0 Å². The topological polar surface area (TPSA) is 76.1 Å². The summed E-state index contributed by atoms with van der Waals surface area (Å²) in [7, 11) is 1.41. The monoisotopic (exact) mass is 340 g/mol. The Balaban J connectivity index is 0.000000363. The van der Waals surface area contributed by atoms with Crippen molar-refractivity contribution in [1.29, 1.82) is 0 Å². The zero-order chi connectivity index (χ0) is 18.4. The molecule has 0 fully saturated rings. The molecule has 0 aliphatic rings. The highest BCUT2D eigenvalue weighted by Crippen LogP contribution is 2.00. The second-order valence-corrected chi connectivity index (χ2v) is 5.43. The lowest BCUT2D eigenvalue weighted by molar-refractivity contribution is 0.340. The highest BCUT2D eigenvalue weighted by molar-refractivity contribution is 6.31. The van der Waals surface area contributed by atoms with Crippen LogP contribution in [0.4, 0.5) is 4.32 Å². The van der Waals surface area contributed by atoms with Crippen LogP contribution < -0.4 is 0 Å². The van der Waals surface area contributed by atoms with Gasteiger partial charge in [0.2, 0.25) is 0 Å². The van der Waals surface area contributed by atoms with Gasteiger partial charge in [0.1, 0.15) is 11.6 Å². The van der Waals surface area contributed by atoms with E-state index < -0.39 is 7.40 Å². The van der Waals surface area contributed by atoms with Gasteiger partial charge in [-0.25, -0.2) is 9.97 Å². The van der Waals surface area contributed by atoms with Gasteiger partial charge in [-0.2, -0.15) is 0 Å². The minimum Gasteiger partial charge on any atom is -0.398 e. The lowest BCUT2D eigenvalue weighted by atomic mass is 10.2. The predicted molar refractivity (Wildman–Crippen MR) is 94.9 cm³/mol. The third-order valence-electron chi connectivity index (χ3n) is 3.35. The molecule has 0 aliphatic heterocycles. The summed E-state index contributed by atoms with van der Waals surface area (Å²) < 4.78 is 14.3. The Kier molecular flexibility index (Phi) is 12.8. The van der Waals surface area contributed by atoms with Gasteiger partial charge in [0, 0.05) is 51.7 Å². The summed E-state index contributed by atoms with van der Waals surface area (Å²) in [4.78, 5) is 8.43. The molecule has 0 saturated heterocycles. The minimum absolute atomic E-state index is 1.11. The Hall–Kier alpha value is -1.67. The van der Waals surface area contributed by atoms with E-state index in [0.717, 1.165) is 12.8 Å². The maximum atomic E-state index is 10.1. The second kappa shape index (κ2) is 13.7. The van der Waals surface area contributed by atoms with Crippen molar-refractivity contribution in [3.05, 3.63) is 36.4 Å². The molecule has 2 N–H and O–H groups in total. The van der Waals surface area contributed by atoms with Gasteiger partial charge in [0.15, 0.2) is 0 Å². The van der Waals surface area contributed by atoms with E-state index in [9.17, 15) is 4.32 Å². The summed E-state index contributed by atoms with van der Waals surface area (Å²) in [6, 6.07) is 0. The molecule has 6 nitrogen and oxygen atoms in total. The van der Waals surface area contributed by atoms with Gasteiger partial charge in [0.25, 0.3) is 0 Å². The number of aryl methyl sites for hydroxylation is 4. The van der Waals surface area contributed by atoms with Crippen LogP contribution in [0.25, 0.3) is 0 Å². The zero-order valence-corrected chi connectivity index (χ0v) is 15.2. The van der Waals surface area contributed by atoms with Crippen molar-refractivity contribution in [2.24, 2.45) is 14.1 Å². The summed E-state index contributed by atoms with van der Waals surface area (Å²) in [5.41, 5.74) is 0. The molecule has 2 rings (SSSR count). The van der Waals surface area contributed by atoms with Crippen molar-refractivity contribution >= 4 is 7.40 Å². The SMILES string of the molecule is CCCCc1nccn1C.CCCCc1nccn1C.OB(O)F. The molecule has 2 aromatic heterocycles. The molecular weight excluding hydrogens is 310 g/mol. The normalized spacial score (nSPS) is 9.62. The van der Waals surface area contributed by atoms with Crippen LogP contribution in [0.2, 0.25) is 0 Å². The number of imidazole rings is 2. The largest absolute Gasteiger partial charge is 0.674 e. The van der Waals surface area contributed by atoms with Crippen molar-refractivity contribution in [2.45, 2.75) is 52.4 Å². The van der Waals surface area contributed by atoms with Gasteiger partial charge in [-0.15, -0.1) is 0 Å². The van der Waals surface area contributed by atoms with Crippen molar-refractivity contribution in [1.82, 2.24) is 19.1 Å². The Morgan fingerprint density at radius 2 is 1.25 bits per heavy atom. The first kappa shape index (κ1) is 22.3. The van der Waals surface area contributed by atoms with Crippen LogP contribution in [0.1, 0.15) is 51.2 Å². The summed E-state index contributed by atoms with van der Waals surface area (Å²) in [6.07, 6.45) is 14.9. The van der Waals surface area contributed by atoms with Crippen molar-refractivity contribution in [2.75, 3.05) is 0 Å². The van der Waals surface area contributed by atoms with Gasteiger partial charge < -0.3 is 19.2 Å². The van der Waals surface area contributed by atoms with Gasteiger partial charge in [-0.3, -0.25) is 4.32 Å². The summed E-state index contributed by atoms with van der Waals surface area (Å²) in [5.74, 6) is 2.39. The van der Waals surface area contributed by atoms with Crippen molar-refractivity contribution in [3.8, 4) is 0 Å². The third-order valence-corrected chi connectivity index (χ3v) is 3.35. The van der Waals surface area contributed by atoms with E-state index >= 15 is 0 Å². The number of unbranched alkanes of at least 4 members (excludes halogenated alkanes) is 2. The molecule has 0 atom stereocenters. The van der Waals surface area contributed by atoms with E-state index in [0.29, 0.717) is 0 Å². The smallest absolute Gasteiger partial charge is 0.398 e. The van der Waals surface area contributed by atoms with Crippen LogP contribution in [0.5, 0.6) is 0 Å². The molecule has 0 radical (unpaired) electrons. The zero-order valence-electron chi connectivity index (χ0n) is 15.2. The Morgan fingerprint density at radius 3 is 1.46 bits per heavy atom. The molecule has 0 saturated carbocycles. The fourth-order valence-corrected chi connectivity index (χ4v) is 1.94. The average molecular weight is 340 g/mol. The number of halogens is 1. The fourth-order valence-electron chi connectivity index (χ4n) is 1.94. The first-order valence-electron chi connectivity index (χ1n) is 8.34. The molecule has 0 unspecified atom stereocenters. The maximum Gasteiger partial charge on any atom is 0.674 e. The van der Waals surface area contributed by atoms with Crippen LogP contribution in [0, 0.1) is 0 Å². The van der Waals surface area contributed by atoms with Crippen molar-refractivity contribution < 1.29 is 14.4 Å². The molecule has 2 heterocycles. The number of aromatic nitrogens is 4. The van der Waals surface area contributed by atoms with Crippen LogP contribution >= 0.6 is 0 Å². The fraction of sp³-hybridized carbons (Fsp3) is 0.625. The number of hydrogen-bond donors (Lipinski definition) is 2. The molecule has 2 aromatic rings. The summed E-state index contributed by atoms with van der Waals surface area (Å²) in [6.45, 7) is 4.39. The van der Waals surface area contributed by atoms with Gasteiger partial charge in [0.05, 0.1) is 0 Å². The number of nitrogens with zero attached hydrogens (tertiary/aromatic N) is 4. The third kappa shape index (κ3) is 11.0. The quantitative estimate of drug-likeness (QED) is 0.792. The second-order valence-electron chi connectivity index (χ2n) is 5.43. The van der Waals surface area contributed by atoms with Gasteiger partial charge in [-0.05, 0) is 12.8 Å². The first-order valence-corrected chi connectivity index (χ1v) is 8.34. The van der Waals surface area contributed by atoms with Crippen LogP contribution in [0.15, 0.2) is 24.8 Å². The molecule has 0 amide bonds. The maximum absolute atomic E-state index is 10.1. The lowest BCUT2D eigenvalue weighted by Gasteiger charge is -1.97. The van der Waals surface area contributed by atoms with E-state index in [1.807, 2.05) is 38.9 Å². The average Bonchev–Trinajstić information content (AvgIpc) is 3.11. The summed E-state index contributed by atoms with van der Waals surface area (Å²) in [5, 5.41) is 13.9. The molecule has 0 aromatic carbocycles. The molecule has 0 spiro atoms. The van der Waals surface area contributed by atoms with Crippen LogP contribution in [-0.4, -0.2) is 36.5 Å². The summed E-state index contributed by atoms with van der Waals surface area (Å²) >= 11 is 0. The van der Waals surface area contributed by atoms with E-state index in [4.69, 9.17) is 10.0 Å². The minimum atomic E-state index is -2.67. The molecule has 8 heteroatoms. The Bertz CT molecular complexity index is 485. The van der Waals surface area contributed by atoms with E-state index in [-0.39, 0.29) is 0 Å². The standard InChI is InChI=1S/2C8H14N2.BFH2O2/c2*1-3-4-5-8-9-6-7-10(8)2;2-1(3)4/h2*6-7H,3-5H2,1-2H3;3-4H. The van der Waals surface area contributed by atoms with E-state index in [1.54, 1.807) is 0 Å². The molecular formula is C16H30BFN4O2. The van der Waals surface area contributed by atoms with Crippen LogP contribution in [-0.2, 0) is 26.9 Å². The first-order chi connectivity index (χ1) is 11.4. The lowest BCUT2D eigenvalue weighted by Crippen LogP contribution is -1.98. The Morgan fingerprint density at radius 1 is 0.917 bits per heavy atom.